The Hall–Kier alpha value is -3.75. The number of benzene rings is 4. The number of rotatable bonds is 5. The summed E-state index contributed by atoms with van der Waals surface area (Å²) in [6.45, 7) is 2.31. The van der Waals surface area contributed by atoms with Crippen molar-refractivity contribution in [3.05, 3.63) is 102 Å². The quantitative estimate of drug-likeness (QED) is 0.307. The molecule has 0 unspecified atom stereocenters. The number of nitrogens with zero attached hydrogens (tertiary/aromatic N) is 1. The Kier molecular flexibility index (Phi) is 6.16. The molecular formula is C27H23NO3S. The van der Waals surface area contributed by atoms with Crippen molar-refractivity contribution >= 4 is 26.6 Å². The molecule has 0 bridgehead atoms. The summed E-state index contributed by atoms with van der Waals surface area (Å²) in [6, 6.07) is 27.8. The molecular weight excluding hydrogens is 418 g/mol. The van der Waals surface area contributed by atoms with Crippen LogP contribution in [0.4, 0.5) is 5.69 Å². The standard InChI is InChI=1S/C27H23NO3S/c1-21-16-18-24(19-17-21)32(29,30)31-27-15-6-5-14-26(27)28(2)20-8-12-23-11-7-10-22-9-3-4-13-25(22)23/h3-7,9-11,13-19H,20H2,1-2H3. The van der Waals surface area contributed by atoms with E-state index < -0.39 is 10.1 Å². The van der Waals surface area contributed by atoms with Crippen LogP contribution in [0.3, 0.4) is 0 Å². The van der Waals surface area contributed by atoms with Crippen molar-refractivity contribution in [2.24, 2.45) is 0 Å². The van der Waals surface area contributed by atoms with Gasteiger partial charge in [0.1, 0.15) is 4.90 Å². The maximum Gasteiger partial charge on any atom is 0.339 e. The third kappa shape index (κ3) is 4.77. The lowest BCUT2D eigenvalue weighted by Gasteiger charge is -2.19. The first kappa shape index (κ1) is 21.5. The van der Waals surface area contributed by atoms with Gasteiger partial charge in [-0.1, -0.05) is 78.1 Å². The Bertz CT molecular complexity index is 1410. The highest BCUT2D eigenvalue weighted by Gasteiger charge is 2.19. The summed E-state index contributed by atoms with van der Waals surface area (Å²) in [6.07, 6.45) is 0. The zero-order valence-corrected chi connectivity index (χ0v) is 18.8. The molecule has 0 fully saturated rings. The van der Waals surface area contributed by atoms with Crippen LogP contribution >= 0.6 is 0 Å². The monoisotopic (exact) mass is 441 g/mol. The molecule has 0 aromatic heterocycles. The van der Waals surface area contributed by atoms with Crippen molar-refractivity contribution in [1.82, 2.24) is 0 Å². The number of anilines is 1. The van der Waals surface area contributed by atoms with Crippen molar-refractivity contribution in [2.75, 3.05) is 18.5 Å². The minimum atomic E-state index is -3.94. The topological polar surface area (TPSA) is 46.6 Å². The number of hydrogen-bond acceptors (Lipinski definition) is 4. The van der Waals surface area contributed by atoms with Gasteiger partial charge in [0.15, 0.2) is 5.75 Å². The molecule has 5 heteroatoms. The van der Waals surface area contributed by atoms with Crippen LogP contribution in [-0.4, -0.2) is 22.0 Å². The summed E-state index contributed by atoms with van der Waals surface area (Å²) in [5.74, 6) is 6.69. The predicted molar refractivity (Wildman–Crippen MR) is 130 cm³/mol. The SMILES string of the molecule is Cc1ccc(S(=O)(=O)Oc2ccccc2N(C)CC#Cc2cccc3ccccc23)cc1. The largest absolute Gasteiger partial charge is 0.377 e. The van der Waals surface area contributed by atoms with E-state index in [0.29, 0.717) is 12.2 Å². The first-order chi connectivity index (χ1) is 15.4. The van der Waals surface area contributed by atoms with Gasteiger partial charge in [-0.3, -0.25) is 0 Å². The number of fused-ring (bicyclic) bond motifs is 1. The fourth-order valence-electron chi connectivity index (χ4n) is 3.39. The highest BCUT2D eigenvalue weighted by molar-refractivity contribution is 7.87. The maximum atomic E-state index is 12.7. The van der Waals surface area contributed by atoms with E-state index in [-0.39, 0.29) is 10.6 Å². The molecule has 0 radical (unpaired) electrons. The van der Waals surface area contributed by atoms with Crippen molar-refractivity contribution in [3.8, 4) is 17.6 Å². The highest BCUT2D eigenvalue weighted by Crippen LogP contribution is 2.30. The van der Waals surface area contributed by atoms with E-state index in [0.717, 1.165) is 21.9 Å². The van der Waals surface area contributed by atoms with Crippen LogP contribution < -0.4 is 9.08 Å². The molecule has 4 aromatic rings. The second kappa shape index (κ2) is 9.17. The average molecular weight is 442 g/mol. The summed E-state index contributed by atoms with van der Waals surface area (Å²) in [5.41, 5.74) is 2.59. The van der Waals surface area contributed by atoms with E-state index >= 15 is 0 Å². The number of aryl methyl sites for hydroxylation is 1. The molecule has 4 aromatic carbocycles. The minimum Gasteiger partial charge on any atom is -0.377 e. The maximum absolute atomic E-state index is 12.7. The zero-order valence-electron chi connectivity index (χ0n) is 17.9. The van der Waals surface area contributed by atoms with Crippen molar-refractivity contribution in [3.63, 3.8) is 0 Å². The third-order valence-corrected chi connectivity index (χ3v) is 6.36. The number of hydrogen-bond donors (Lipinski definition) is 0. The molecule has 0 N–H and O–H groups in total. The lowest BCUT2D eigenvalue weighted by atomic mass is 10.1. The molecule has 0 aliphatic rings. The minimum absolute atomic E-state index is 0.122. The van der Waals surface area contributed by atoms with E-state index in [1.165, 1.54) is 0 Å². The first-order valence-corrected chi connectivity index (χ1v) is 11.6. The molecule has 4 rings (SSSR count). The van der Waals surface area contributed by atoms with Crippen LogP contribution in [0.15, 0.2) is 95.9 Å². The summed E-state index contributed by atoms with van der Waals surface area (Å²) in [4.78, 5) is 1.99. The van der Waals surface area contributed by atoms with Gasteiger partial charge in [-0.25, -0.2) is 0 Å². The summed E-state index contributed by atoms with van der Waals surface area (Å²) in [7, 11) is -2.08. The van der Waals surface area contributed by atoms with Gasteiger partial charge in [0.05, 0.1) is 12.2 Å². The molecule has 0 heterocycles. The van der Waals surface area contributed by atoms with E-state index in [1.807, 2.05) is 55.3 Å². The summed E-state index contributed by atoms with van der Waals surface area (Å²) >= 11 is 0. The molecule has 0 spiro atoms. The third-order valence-electron chi connectivity index (χ3n) is 5.11. The van der Waals surface area contributed by atoms with Gasteiger partial charge in [0, 0.05) is 12.6 Å². The van der Waals surface area contributed by atoms with E-state index in [9.17, 15) is 8.42 Å². The molecule has 160 valence electrons. The lowest BCUT2D eigenvalue weighted by Crippen LogP contribution is -2.19. The first-order valence-electron chi connectivity index (χ1n) is 10.2. The second-order valence-electron chi connectivity index (χ2n) is 7.50. The fraction of sp³-hybridized carbons (Fsp3) is 0.111. The molecule has 0 aliphatic heterocycles. The van der Waals surface area contributed by atoms with Crippen LogP contribution in [0.2, 0.25) is 0 Å². The molecule has 0 amide bonds. The highest BCUT2D eigenvalue weighted by atomic mass is 32.2. The Morgan fingerprint density at radius 3 is 2.34 bits per heavy atom. The van der Waals surface area contributed by atoms with Crippen molar-refractivity contribution < 1.29 is 12.6 Å². The Morgan fingerprint density at radius 1 is 0.844 bits per heavy atom. The van der Waals surface area contributed by atoms with Crippen molar-refractivity contribution in [1.29, 1.82) is 0 Å². The molecule has 4 nitrogen and oxygen atoms in total. The van der Waals surface area contributed by atoms with Gasteiger partial charge in [-0.2, -0.15) is 8.42 Å². The van der Waals surface area contributed by atoms with Crippen LogP contribution in [0.25, 0.3) is 10.8 Å². The fourth-order valence-corrected chi connectivity index (χ4v) is 4.33. The van der Waals surface area contributed by atoms with Gasteiger partial charge in [-0.15, -0.1) is 0 Å². The van der Waals surface area contributed by atoms with E-state index in [1.54, 1.807) is 36.4 Å². The Labute approximate surface area is 189 Å². The Balaban J connectivity index is 1.55. The Morgan fingerprint density at radius 2 is 1.53 bits per heavy atom. The summed E-state index contributed by atoms with van der Waals surface area (Å²) < 4.78 is 31.0. The van der Waals surface area contributed by atoms with Gasteiger partial charge in [0.2, 0.25) is 0 Å². The van der Waals surface area contributed by atoms with Gasteiger partial charge in [0.25, 0.3) is 0 Å². The lowest BCUT2D eigenvalue weighted by molar-refractivity contribution is 0.486. The van der Waals surface area contributed by atoms with Gasteiger partial charge in [-0.05, 0) is 48.0 Å². The van der Waals surface area contributed by atoms with Crippen LogP contribution in [-0.2, 0) is 10.1 Å². The number of para-hydroxylation sites is 2. The zero-order chi connectivity index (χ0) is 22.6. The van der Waals surface area contributed by atoms with E-state index in [4.69, 9.17) is 4.18 Å². The normalized spacial score (nSPS) is 10.9. The predicted octanol–water partition coefficient (Wildman–Crippen LogP) is 5.40. The molecule has 0 atom stereocenters. The molecule has 0 saturated heterocycles. The molecule has 0 aliphatic carbocycles. The summed E-state index contributed by atoms with van der Waals surface area (Å²) in [5, 5.41) is 2.26. The smallest absolute Gasteiger partial charge is 0.339 e. The average Bonchev–Trinajstić information content (AvgIpc) is 2.79. The van der Waals surface area contributed by atoms with Crippen LogP contribution in [0.5, 0.6) is 5.75 Å². The van der Waals surface area contributed by atoms with E-state index in [2.05, 4.69) is 30.0 Å². The van der Waals surface area contributed by atoms with Gasteiger partial charge < -0.3 is 9.08 Å². The van der Waals surface area contributed by atoms with Crippen LogP contribution in [0.1, 0.15) is 11.1 Å². The second-order valence-corrected chi connectivity index (χ2v) is 9.05. The molecule has 0 saturated carbocycles. The van der Waals surface area contributed by atoms with Crippen LogP contribution in [0, 0.1) is 18.8 Å². The van der Waals surface area contributed by atoms with Gasteiger partial charge >= 0.3 is 10.1 Å². The molecule has 32 heavy (non-hydrogen) atoms. The van der Waals surface area contributed by atoms with Crippen molar-refractivity contribution in [2.45, 2.75) is 11.8 Å².